The van der Waals surface area contributed by atoms with Crippen molar-refractivity contribution < 1.29 is 23.8 Å². The number of carboxylic acids is 1. The molecule has 0 atom stereocenters. The Morgan fingerprint density at radius 2 is 2.25 bits per heavy atom. The summed E-state index contributed by atoms with van der Waals surface area (Å²) in [6.45, 7) is 1.83. The molecule has 1 heterocycles. The van der Waals surface area contributed by atoms with Gasteiger partial charge in [-0.2, -0.15) is 0 Å². The maximum absolute atomic E-state index is 12.8. The number of aromatic nitrogens is 1. The van der Waals surface area contributed by atoms with E-state index < -0.39 is 17.8 Å². The van der Waals surface area contributed by atoms with Gasteiger partial charge in [0, 0.05) is 0 Å². The van der Waals surface area contributed by atoms with Gasteiger partial charge in [-0.05, 0) is 13.0 Å². The van der Waals surface area contributed by atoms with Crippen LogP contribution in [0.5, 0.6) is 0 Å². The average Bonchev–Trinajstić information content (AvgIpc) is 2.20. The monoisotopic (exact) mass is 227 g/mol. The fraction of sp³-hybridized carbons (Fsp3) is 0.300. The lowest BCUT2D eigenvalue weighted by molar-refractivity contribution is -0.142. The zero-order valence-corrected chi connectivity index (χ0v) is 8.57. The molecule has 0 aliphatic carbocycles. The summed E-state index contributed by atoms with van der Waals surface area (Å²) in [5.74, 6) is -2.68. The van der Waals surface area contributed by atoms with Gasteiger partial charge in [0.05, 0.1) is 30.5 Å². The van der Waals surface area contributed by atoms with Crippen LogP contribution in [-0.4, -0.2) is 28.6 Å². The molecule has 86 valence electrons. The van der Waals surface area contributed by atoms with E-state index in [2.05, 4.69) is 9.72 Å². The first-order valence-corrected chi connectivity index (χ1v) is 4.58. The molecule has 0 radical (unpaired) electrons. The van der Waals surface area contributed by atoms with Crippen molar-refractivity contribution in [2.45, 2.75) is 13.3 Å². The van der Waals surface area contributed by atoms with Crippen molar-refractivity contribution in [2.75, 3.05) is 6.61 Å². The Kier molecular flexibility index (Phi) is 3.93. The van der Waals surface area contributed by atoms with Gasteiger partial charge in [0.25, 0.3) is 0 Å². The lowest BCUT2D eigenvalue weighted by Crippen LogP contribution is -2.13. The van der Waals surface area contributed by atoms with Crippen LogP contribution in [0.2, 0.25) is 0 Å². The Balaban J connectivity index is 2.95. The summed E-state index contributed by atoms with van der Waals surface area (Å²) < 4.78 is 17.4. The normalized spacial score (nSPS) is 9.88. The van der Waals surface area contributed by atoms with E-state index in [0.717, 1.165) is 12.3 Å². The predicted octanol–water partition coefficient (Wildman–Crippen LogP) is 1.02. The summed E-state index contributed by atoms with van der Waals surface area (Å²) >= 11 is 0. The SMILES string of the molecule is CCOC(=O)Cc1ncc(F)cc1C(=O)O. The molecule has 1 rings (SSSR count). The highest BCUT2D eigenvalue weighted by molar-refractivity contribution is 5.90. The molecule has 0 aliphatic heterocycles. The molecule has 0 spiro atoms. The van der Waals surface area contributed by atoms with Gasteiger partial charge in [-0.1, -0.05) is 0 Å². The Morgan fingerprint density at radius 3 is 2.81 bits per heavy atom. The first kappa shape index (κ1) is 12.1. The number of nitrogens with zero attached hydrogens (tertiary/aromatic N) is 1. The fourth-order valence-electron chi connectivity index (χ4n) is 1.14. The molecule has 1 aromatic rings. The molecule has 0 saturated carbocycles. The maximum Gasteiger partial charge on any atom is 0.337 e. The van der Waals surface area contributed by atoms with E-state index in [-0.39, 0.29) is 24.3 Å². The van der Waals surface area contributed by atoms with Crippen LogP contribution in [0.4, 0.5) is 4.39 Å². The highest BCUT2D eigenvalue weighted by Gasteiger charge is 2.16. The molecule has 0 amide bonds. The molecule has 6 heteroatoms. The van der Waals surface area contributed by atoms with E-state index in [0.29, 0.717) is 0 Å². The highest BCUT2D eigenvalue weighted by atomic mass is 19.1. The van der Waals surface area contributed by atoms with Crippen LogP contribution in [0.25, 0.3) is 0 Å². The second kappa shape index (κ2) is 5.20. The second-order valence-electron chi connectivity index (χ2n) is 2.93. The summed E-state index contributed by atoms with van der Waals surface area (Å²) in [4.78, 5) is 25.4. The molecule has 16 heavy (non-hydrogen) atoms. The van der Waals surface area contributed by atoms with E-state index in [9.17, 15) is 14.0 Å². The van der Waals surface area contributed by atoms with Crippen molar-refractivity contribution in [3.05, 3.63) is 29.3 Å². The number of carbonyl (C=O) groups excluding carboxylic acids is 1. The molecule has 1 N–H and O–H groups in total. The van der Waals surface area contributed by atoms with Gasteiger partial charge in [0.1, 0.15) is 5.82 Å². The highest BCUT2D eigenvalue weighted by Crippen LogP contribution is 2.09. The number of carboxylic acid groups (broad SMARTS) is 1. The van der Waals surface area contributed by atoms with Gasteiger partial charge in [-0.15, -0.1) is 0 Å². The van der Waals surface area contributed by atoms with Crippen molar-refractivity contribution in [1.29, 1.82) is 0 Å². The number of rotatable bonds is 4. The van der Waals surface area contributed by atoms with Crippen molar-refractivity contribution in [2.24, 2.45) is 0 Å². The number of esters is 1. The molecular formula is C10H10FNO4. The van der Waals surface area contributed by atoms with Gasteiger partial charge in [0.2, 0.25) is 0 Å². The number of ether oxygens (including phenoxy) is 1. The summed E-state index contributed by atoms with van der Waals surface area (Å²) in [7, 11) is 0. The smallest absolute Gasteiger partial charge is 0.337 e. The summed E-state index contributed by atoms with van der Waals surface area (Å²) in [5, 5.41) is 8.77. The molecule has 5 nitrogen and oxygen atoms in total. The van der Waals surface area contributed by atoms with E-state index in [1.165, 1.54) is 0 Å². The van der Waals surface area contributed by atoms with Crippen LogP contribution in [0, 0.1) is 5.82 Å². The van der Waals surface area contributed by atoms with Crippen LogP contribution >= 0.6 is 0 Å². The van der Waals surface area contributed by atoms with Gasteiger partial charge in [-0.25, -0.2) is 9.18 Å². The second-order valence-corrected chi connectivity index (χ2v) is 2.93. The summed E-state index contributed by atoms with van der Waals surface area (Å²) in [6.07, 6.45) is 0.580. The third-order valence-corrected chi connectivity index (χ3v) is 1.78. The topological polar surface area (TPSA) is 76.5 Å². The number of aromatic carboxylic acids is 1. The van der Waals surface area contributed by atoms with Crippen molar-refractivity contribution in [1.82, 2.24) is 4.98 Å². The van der Waals surface area contributed by atoms with Gasteiger partial charge < -0.3 is 9.84 Å². The van der Waals surface area contributed by atoms with Gasteiger partial charge in [0.15, 0.2) is 0 Å². The van der Waals surface area contributed by atoms with Gasteiger partial charge >= 0.3 is 11.9 Å². The van der Waals surface area contributed by atoms with Gasteiger partial charge in [-0.3, -0.25) is 9.78 Å². The van der Waals surface area contributed by atoms with E-state index in [4.69, 9.17) is 5.11 Å². The molecular weight excluding hydrogens is 217 g/mol. The molecule has 0 saturated heterocycles. The number of pyridine rings is 1. The third-order valence-electron chi connectivity index (χ3n) is 1.78. The van der Waals surface area contributed by atoms with E-state index >= 15 is 0 Å². The van der Waals surface area contributed by atoms with E-state index in [1.54, 1.807) is 6.92 Å². The van der Waals surface area contributed by atoms with Crippen LogP contribution in [-0.2, 0) is 16.0 Å². The number of hydrogen-bond donors (Lipinski definition) is 1. The molecule has 0 aromatic carbocycles. The first-order chi connectivity index (χ1) is 7.54. The minimum atomic E-state index is -1.33. The van der Waals surface area contributed by atoms with Crippen molar-refractivity contribution in [3.63, 3.8) is 0 Å². The standard InChI is InChI=1S/C10H10FNO4/c1-2-16-9(13)4-8-7(10(14)15)3-6(11)5-12-8/h3,5H,2,4H2,1H3,(H,14,15). The van der Waals surface area contributed by atoms with Crippen LogP contribution < -0.4 is 0 Å². The molecule has 0 fully saturated rings. The first-order valence-electron chi connectivity index (χ1n) is 4.58. The molecule has 0 aliphatic rings. The largest absolute Gasteiger partial charge is 0.478 e. The zero-order valence-electron chi connectivity index (χ0n) is 8.57. The fourth-order valence-corrected chi connectivity index (χ4v) is 1.14. The average molecular weight is 227 g/mol. The maximum atomic E-state index is 12.8. The Hall–Kier alpha value is -1.98. The number of halogens is 1. The lowest BCUT2D eigenvalue weighted by atomic mass is 10.1. The van der Waals surface area contributed by atoms with Crippen LogP contribution in [0.3, 0.4) is 0 Å². The summed E-state index contributed by atoms with van der Waals surface area (Å²) in [6, 6.07) is 0.823. The molecule has 0 bridgehead atoms. The van der Waals surface area contributed by atoms with Crippen molar-refractivity contribution in [3.8, 4) is 0 Å². The van der Waals surface area contributed by atoms with E-state index in [1.807, 2.05) is 0 Å². The molecule has 1 aromatic heterocycles. The minimum Gasteiger partial charge on any atom is -0.478 e. The quantitative estimate of drug-likeness (QED) is 0.777. The Bertz CT molecular complexity index is 419. The summed E-state index contributed by atoms with van der Waals surface area (Å²) in [5.41, 5.74) is -0.333. The Morgan fingerprint density at radius 1 is 1.56 bits per heavy atom. The van der Waals surface area contributed by atoms with Crippen LogP contribution in [0.15, 0.2) is 12.3 Å². The van der Waals surface area contributed by atoms with Crippen molar-refractivity contribution >= 4 is 11.9 Å². The predicted molar refractivity (Wildman–Crippen MR) is 51.5 cm³/mol. The number of carbonyl (C=O) groups is 2. The molecule has 0 unspecified atom stereocenters. The zero-order chi connectivity index (χ0) is 12.1. The minimum absolute atomic E-state index is 0.00708. The number of hydrogen-bond acceptors (Lipinski definition) is 4. The Labute approximate surface area is 90.9 Å². The van der Waals surface area contributed by atoms with Crippen LogP contribution in [0.1, 0.15) is 23.0 Å². The third kappa shape index (κ3) is 3.01. The lowest BCUT2D eigenvalue weighted by Gasteiger charge is -2.04.